The largest absolute Gasteiger partial charge is 4.00 e. The molecule has 55 heavy (non-hydrogen) atoms. The van der Waals surface area contributed by atoms with Gasteiger partial charge in [-0.05, 0) is 61.7 Å². The Labute approximate surface area is 354 Å². The maximum atomic E-state index is 14.3. The predicted molar refractivity (Wildman–Crippen MR) is 221 cm³/mol. The number of nitrogens with zero attached hydrogens (tertiary/aromatic N) is 2. The Bertz CT molecular complexity index is 1410. The van der Waals surface area contributed by atoms with E-state index < -0.39 is 23.3 Å². The smallest absolute Gasteiger partial charge is 0.418 e. The van der Waals surface area contributed by atoms with Gasteiger partial charge in [-0.15, -0.1) is 59.6 Å². The SMILES string of the molecule is CC(Cl)C(C)(C)CN(c1ccc(F)[c-]c1F)C1CCCCC1.CC(Cl)C(C)(C)CN(c1ccc(F)[c-]c1F)C1CCCCC1.[Ti+4].c1cc[cH-]c1.c1cc[cH-]c1. The zero-order valence-corrected chi connectivity index (χ0v) is 36.6. The molecule has 6 rings (SSSR count). The van der Waals surface area contributed by atoms with Crippen molar-refractivity contribution in [2.45, 2.75) is 129 Å². The van der Waals surface area contributed by atoms with Crippen molar-refractivity contribution in [1.82, 2.24) is 0 Å². The molecule has 300 valence electrons. The third-order valence-corrected chi connectivity index (χ3v) is 11.9. The number of halogens is 6. The van der Waals surface area contributed by atoms with Crippen LogP contribution < -0.4 is 9.80 Å². The normalized spacial score (nSPS) is 16.1. The fourth-order valence-electron chi connectivity index (χ4n) is 6.69. The van der Waals surface area contributed by atoms with Gasteiger partial charge >= 0.3 is 21.7 Å². The Morgan fingerprint density at radius 3 is 1.15 bits per heavy atom. The van der Waals surface area contributed by atoms with Crippen LogP contribution in [0.25, 0.3) is 0 Å². The van der Waals surface area contributed by atoms with Gasteiger partial charge in [0.2, 0.25) is 0 Å². The Hall–Kier alpha value is -2.25. The second-order valence-electron chi connectivity index (χ2n) is 16.0. The van der Waals surface area contributed by atoms with Crippen molar-refractivity contribution in [3.63, 3.8) is 0 Å². The van der Waals surface area contributed by atoms with Gasteiger partial charge in [0.1, 0.15) is 0 Å². The van der Waals surface area contributed by atoms with E-state index in [-0.39, 0.29) is 55.4 Å². The zero-order valence-electron chi connectivity index (χ0n) is 33.5. The molecule has 0 saturated heterocycles. The summed E-state index contributed by atoms with van der Waals surface area (Å²) in [6.07, 6.45) is 11.3. The van der Waals surface area contributed by atoms with E-state index in [0.717, 1.165) is 51.4 Å². The molecule has 0 aromatic heterocycles. The maximum Gasteiger partial charge on any atom is 4.00 e. The van der Waals surface area contributed by atoms with Crippen molar-refractivity contribution >= 4 is 34.6 Å². The van der Waals surface area contributed by atoms with E-state index in [1.165, 1.54) is 37.1 Å². The van der Waals surface area contributed by atoms with Gasteiger partial charge in [0.25, 0.3) is 0 Å². The molecule has 0 bridgehead atoms. The number of hydrogen-bond donors (Lipinski definition) is 0. The van der Waals surface area contributed by atoms with Crippen LogP contribution in [0.5, 0.6) is 0 Å². The van der Waals surface area contributed by atoms with E-state index in [1.807, 2.05) is 74.5 Å². The van der Waals surface area contributed by atoms with Crippen molar-refractivity contribution in [2.75, 3.05) is 22.9 Å². The average molecular weight is 836 g/mol. The van der Waals surface area contributed by atoms with Crippen LogP contribution in [0.4, 0.5) is 28.9 Å². The van der Waals surface area contributed by atoms with E-state index >= 15 is 0 Å². The van der Waals surface area contributed by atoms with Gasteiger partial charge in [-0.2, -0.15) is 36.4 Å². The average Bonchev–Trinajstić information content (AvgIpc) is 3.92. The fraction of sp³-hybridized carbons (Fsp3) is 0.522. The molecule has 2 atom stereocenters. The number of alkyl halides is 2. The Morgan fingerprint density at radius 2 is 0.909 bits per heavy atom. The maximum absolute atomic E-state index is 14.3. The topological polar surface area (TPSA) is 6.48 Å². The van der Waals surface area contributed by atoms with Crippen LogP contribution in [0.1, 0.15) is 106 Å². The van der Waals surface area contributed by atoms with Gasteiger partial charge in [0.15, 0.2) is 0 Å². The Morgan fingerprint density at radius 1 is 0.600 bits per heavy atom. The summed E-state index contributed by atoms with van der Waals surface area (Å²) in [6.45, 7) is 13.6. The third-order valence-electron chi connectivity index (χ3n) is 10.8. The first-order chi connectivity index (χ1) is 25.6. The summed E-state index contributed by atoms with van der Waals surface area (Å²) in [5, 5.41) is -0.0721. The summed E-state index contributed by atoms with van der Waals surface area (Å²) >= 11 is 12.6. The fourth-order valence-corrected chi connectivity index (χ4v) is 6.83. The molecule has 2 nitrogen and oxygen atoms in total. The summed E-state index contributed by atoms with van der Waals surface area (Å²) < 4.78 is 54.9. The molecular weight excluding hydrogens is 775 g/mol. The van der Waals surface area contributed by atoms with Crippen LogP contribution in [0.3, 0.4) is 0 Å². The van der Waals surface area contributed by atoms with Crippen molar-refractivity contribution in [2.24, 2.45) is 10.8 Å². The third kappa shape index (κ3) is 16.6. The van der Waals surface area contributed by atoms with Crippen molar-refractivity contribution in [3.8, 4) is 0 Å². The van der Waals surface area contributed by atoms with E-state index in [4.69, 9.17) is 23.2 Å². The quantitative estimate of drug-likeness (QED) is 0.0680. The van der Waals surface area contributed by atoms with Crippen LogP contribution in [0.15, 0.2) is 84.9 Å². The van der Waals surface area contributed by atoms with Crippen LogP contribution >= 0.6 is 23.2 Å². The molecule has 2 aliphatic carbocycles. The van der Waals surface area contributed by atoms with Crippen LogP contribution in [-0.2, 0) is 21.7 Å². The predicted octanol–water partition coefficient (Wildman–Crippen LogP) is 13.9. The van der Waals surface area contributed by atoms with Gasteiger partial charge in [-0.1, -0.05) is 66.2 Å². The summed E-state index contributed by atoms with van der Waals surface area (Å²) in [7, 11) is 0. The first kappa shape index (κ1) is 48.9. The number of hydrogen-bond acceptors (Lipinski definition) is 2. The number of benzene rings is 2. The summed E-state index contributed by atoms with van der Waals surface area (Å²) in [5.41, 5.74) is 0.553. The molecule has 0 spiro atoms. The van der Waals surface area contributed by atoms with E-state index in [2.05, 4.69) is 49.6 Å². The molecule has 2 aliphatic rings. The molecule has 0 radical (unpaired) electrons. The molecule has 0 aliphatic heterocycles. The first-order valence-electron chi connectivity index (χ1n) is 19.5. The molecule has 2 saturated carbocycles. The second-order valence-corrected chi connectivity index (χ2v) is 17.3. The number of rotatable bonds is 10. The van der Waals surface area contributed by atoms with Gasteiger partial charge in [0, 0.05) is 59.2 Å². The van der Waals surface area contributed by atoms with E-state index in [1.54, 1.807) is 0 Å². The molecule has 0 amide bonds. The summed E-state index contributed by atoms with van der Waals surface area (Å²) in [5.74, 6) is -2.53. The zero-order chi connectivity index (χ0) is 39.7. The van der Waals surface area contributed by atoms with Gasteiger partial charge in [-0.3, -0.25) is 0 Å². The van der Waals surface area contributed by atoms with Crippen molar-refractivity contribution < 1.29 is 39.3 Å². The molecular formula is C46H60Cl2F4N2Ti. The molecule has 9 heteroatoms. The minimum Gasteiger partial charge on any atom is -0.418 e. The minimum atomic E-state index is -0.658. The van der Waals surface area contributed by atoms with Crippen molar-refractivity contribution in [3.05, 3.63) is 120 Å². The minimum absolute atomic E-state index is 0. The number of anilines is 2. The van der Waals surface area contributed by atoms with Gasteiger partial charge in [-0.25, -0.2) is 41.8 Å². The van der Waals surface area contributed by atoms with Crippen LogP contribution in [0.2, 0.25) is 0 Å². The van der Waals surface area contributed by atoms with E-state index in [9.17, 15) is 17.6 Å². The van der Waals surface area contributed by atoms with Crippen LogP contribution in [0, 0.1) is 46.2 Å². The van der Waals surface area contributed by atoms with E-state index in [0.29, 0.717) is 24.5 Å². The van der Waals surface area contributed by atoms with Crippen molar-refractivity contribution in [1.29, 1.82) is 0 Å². The summed E-state index contributed by atoms with van der Waals surface area (Å²) in [4.78, 5) is 4.17. The standard InChI is InChI=1S/2C18H25ClF2N.2C5H5.Ti/c2*1-13(19)18(2,3)12-22(15-7-5-4-6-8-15)17-10-9-14(20)11-16(17)21;2*1-2-4-5-3-1;/h2*9-10,13,15H,4-8,12H2,1-3H3;2*1-5H;/q4*-1;+4. The Kier molecular flexibility index (Phi) is 21.8. The monoisotopic (exact) mass is 834 g/mol. The molecule has 0 N–H and O–H groups in total. The van der Waals surface area contributed by atoms with Gasteiger partial charge in [0.05, 0.1) is 0 Å². The molecule has 2 unspecified atom stereocenters. The molecule has 4 aromatic rings. The molecule has 4 aromatic carbocycles. The van der Waals surface area contributed by atoms with Crippen LogP contribution in [-0.4, -0.2) is 35.9 Å². The molecule has 0 heterocycles. The van der Waals surface area contributed by atoms with Gasteiger partial charge < -0.3 is 9.80 Å². The molecule has 2 fully saturated rings. The first-order valence-corrected chi connectivity index (χ1v) is 20.4. The summed E-state index contributed by atoms with van der Waals surface area (Å²) in [6, 6.07) is 30.5. The second kappa shape index (κ2) is 24.5. The Balaban J connectivity index is 0.000000298.